The van der Waals surface area contributed by atoms with E-state index in [1.807, 2.05) is 10.3 Å². The largest absolute Gasteiger partial charge is 0.347 e. The van der Waals surface area contributed by atoms with Gasteiger partial charge in [0.1, 0.15) is 5.69 Å². The van der Waals surface area contributed by atoms with Crippen LogP contribution >= 0.6 is 11.3 Å². The molecular weight excluding hydrogens is 418 g/mol. The molecule has 4 rings (SSSR count). The molecule has 6 heteroatoms. The number of piperidine rings is 1. The van der Waals surface area contributed by atoms with Crippen molar-refractivity contribution < 1.29 is 9.59 Å². The third-order valence-corrected chi connectivity index (χ3v) is 8.92. The van der Waals surface area contributed by atoms with E-state index in [1.165, 1.54) is 11.1 Å². The fourth-order valence-electron chi connectivity index (χ4n) is 5.37. The van der Waals surface area contributed by atoms with Gasteiger partial charge in [-0.1, -0.05) is 57.0 Å². The Balaban J connectivity index is 1.31. The van der Waals surface area contributed by atoms with E-state index in [-0.39, 0.29) is 22.7 Å². The van der Waals surface area contributed by atoms with Gasteiger partial charge in [0.25, 0.3) is 5.91 Å². The summed E-state index contributed by atoms with van der Waals surface area (Å²) in [6, 6.07) is 6.32. The van der Waals surface area contributed by atoms with Crippen LogP contribution in [0.25, 0.3) is 0 Å². The van der Waals surface area contributed by atoms with E-state index in [4.69, 9.17) is 0 Å². The van der Waals surface area contributed by atoms with E-state index in [9.17, 15) is 9.59 Å². The molecule has 32 heavy (non-hydrogen) atoms. The molecule has 1 aromatic carbocycles. The van der Waals surface area contributed by atoms with E-state index in [0.717, 1.165) is 36.5 Å². The zero-order valence-electron chi connectivity index (χ0n) is 20.1. The van der Waals surface area contributed by atoms with Gasteiger partial charge in [0, 0.05) is 36.9 Å². The van der Waals surface area contributed by atoms with Crippen molar-refractivity contribution in [1.29, 1.82) is 0 Å². The summed E-state index contributed by atoms with van der Waals surface area (Å²) in [5.74, 6) is 0.630. The average molecular weight is 454 g/mol. The lowest BCUT2D eigenvalue weighted by Gasteiger charge is -2.31. The number of benzene rings is 1. The van der Waals surface area contributed by atoms with Gasteiger partial charge >= 0.3 is 0 Å². The number of carbonyl (C=O) groups is 2. The van der Waals surface area contributed by atoms with E-state index in [0.29, 0.717) is 24.1 Å². The molecule has 2 aromatic rings. The van der Waals surface area contributed by atoms with Crippen LogP contribution in [0.5, 0.6) is 0 Å². The quantitative estimate of drug-likeness (QED) is 0.687. The predicted octanol–water partition coefficient (Wildman–Crippen LogP) is 5.08. The van der Waals surface area contributed by atoms with Crippen LogP contribution in [-0.4, -0.2) is 34.8 Å². The summed E-state index contributed by atoms with van der Waals surface area (Å²) >= 11 is 1.56. The first-order valence-corrected chi connectivity index (χ1v) is 12.5. The van der Waals surface area contributed by atoms with E-state index < -0.39 is 0 Å². The fraction of sp³-hybridized carbons (Fsp3) is 0.577. The summed E-state index contributed by atoms with van der Waals surface area (Å²) < 4.78 is 0. The van der Waals surface area contributed by atoms with Gasteiger partial charge < -0.3 is 10.2 Å². The SMILES string of the molecule is Cc1cc(C)cc(CNC(=O)c2csc(C3CCN(C(=O)C4C(C)(C)C4(C)C)CC3)n2)c1. The lowest BCUT2D eigenvalue weighted by Crippen LogP contribution is -2.40. The third kappa shape index (κ3) is 4.21. The zero-order valence-corrected chi connectivity index (χ0v) is 20.9. The van der Waals surface area contributed by atoms with Crippen LogP contribution in [0.15, 0.2) is 23.6 Å². The van der Waals surface area contributed by atoms with Crippen LogP contribution < -0.4 is 5.32 Å². The number of carbonyl (C=O) groups excluding carboxylic acids is 2. The minimum Gasteiger partial charge on any atom is -0.347 e. The smallest absolute Gasteiger partial charge is 0.271 e. The van der Waals surface area contributed by atoms with Crippen molar-refractivity contribution in [3.8, 4) is 0 Å². The van der Waals surface area contributed by atoms with Gasteiger partial charge in [-0.05, 0) is 43.1 Å². The predicted molar refractivity (Wildman–Crippen MR) is 129 cm³/mol. The highest BCUT2D eigenvalue weighted by Gasteiger charge is 2.68. The second-order valence-electron chi connectivity index (χ2n) is 10.7. The molecule has 1 saturated carbocycles. The molecule has 172 valence electrons. The van der Waals surface area contributed by atoms with Gasteiger partial charge in [0.15, 0.2) is 0 Å². The Kier molecular flexibility index (Phi) is 5.95. The normalized spacial score (nSPS) is 20.2. The van der Waals surface area contributed by atoms with Crippen molar-refractivity contribution in [1.82, 2.24) is 15.2 Å². The maximum absolute atomic E-state index is 13.0. The number of likely N-dealkylation sites (tertiary alicyclic amines) is 1. The molecule has 1 saturated heterocycles. The molecule has 5 nitrogen and oxygen atoms in total. The van der Waals surface area contributed by atoms with Crippen molar-refractivity contribution in [2.45, 2.75) is 66.8 Å². The molecule has 2 heterocycles. The van der Waals surface area contributed by atoms with E-state index in [1.54, 1.807) is 11.3 Å². The van der Waals surface area contributed by atoms with E-state index >= 15 is 0 Å². The molecule has 2 aliphatic rings. The number of hydrogen-bond acceptors (Lipinski definition) is 4. The first-order chi connectivity index (χ1) is 15.0. The Bertz CT molecular complexity index is 997. The number of amides is 2. The molecule has 0 radical (unpaired) electrons. The molecule has 0 atom stereocenters. The number of hydrogen-bond donors (Lipinski definition) is 1. The fourth-order valence-corrected chi connectivity index (χ4v) is 6.34. The summed E-state index contributed by atoms with van der Waals surface area (Å²) in [7, 11) is 0. The van der Waals surface area contributed by atoms with Crippen LogP contribution in [0.4, 0.5) is 0 Å². The number of nitrogens with one attached hydrogen (secondary N) is 1. The lowest BCUT2D eigenvalue weighted by atomic mass is 9.96. The van der Waals surface area contributed by atoms with Gasteiger partial charge in [0.2, 0.25) is 5.91 Å². The van der Waals surface area contributed by atoms with Crippen LogP contribution in [0.2, 0.25) is 0 Å². The maximum Gasteiger partial charge on any atom is 0.271 e. The van der Waals surface area contributed by atoms with Gasteiger partial charge in [-0.2, -0.15) is 0 Å². The summed E-state index contributed by atoms with van der Waals surface area (Å²) in [5.41, 5.74) is 4.15. The number of thiazole rings is 1. The van der Waals surface area contributed by atoms with Gasteiger partial charge in [-0.3, -0.25) is 9.59 Å². The molecule has 1 N–H and O–H groups in total. The van der Waals surface area contributed by atoms with E-state index in [2.05, 4.69) is 70.0 Å². The molecule has 2 amide bonds. The molecular formula is C26H35N3O2S. The number of aryl methyl sites for hydroxylation is 2. The highest BCUT2D eigenvalue weighted by molar-refractivity contribution is 7.09. The molecule has 0 unspecified atom stereocenters. The Morgan fingerprint density at radius 1 is 1.06 bits per heavy atom. The lowest BCUT2D eigenvalue weighted by molar-refractivity contribution is -0.134. The van der Waals surface area contributed by atoms with Crippen molar-refractivity contribution in [3.63, 3.8) is 0 Å². The Morgan fingerprint density at radius 3 is 2.22 bits per heavy atom. The standard InChI is InChI=1S/C26H35N3O2S/c1-16-11-17(2)13-18(12-16)14-27-22(30)20-15-32-23(28-20)19-7-9-29(10-8-19)24(31)21-25(3,4)26(21,5)6/h11-13,15,19,21H,7-10,14H2,1-6H3,(H,27,30). The van der Waals surface area contributed by atoms with Crippen LogP contribution in [0, 0.1) is 30.6 Å². The van der Waals surface area contributed by atoms with Gasteiger partial charge in [-0.25, -0.2) is 4.98 Å². The van der Waals surface area contributed by atoms with Gasteiger partial charge in [-0.15, -0.1) is 11.3 Å². The maximum atomic E-state index is 13.0. The van der Waals surface area contributed by atoms with Gasteiger partial charge in [0.05, 0.1) is 5.01 Å². The first kappa shape index (κ1) is 23.0. The van der Waals surface area contributed by atoms with Crippen molar-refractivity contribution >= 4 is 23.2 Å². The monoisotopic (exact) mass is 453 g/mol. The number of aromatic nitrogens is 1. The molecule has 2 fully saturated rings. The van der Waals surface area contributed by atoms with Crippen LogP contribution in [0.1, 0.15) is 78.6 Å². The average Bonchev–Trinajstić information content (AvgIpc) is 3.06. The Labute approximate surface area is 195 Å². The highest BCUT2D eigenvalue weighted by Crippen LogP contribution is 2.68. The van der Waals surface area contributed by atoms with Crippen molar-refractivity contribution in [2.75, 3.05) is 13.1 Å². The second-order valence-corrected chi connectivity index (χ2v) is 11.6. The summed E-state index contributed by atoms with van der Waals surface area (Å²) in [6.07, 6.45) is 1.83. The number of rotatable bonds is 5. The first-order valence-electron chi connectivity index (χ1n) is 11.6. The van der Waals surface area contributed by atoms with Crippen LogP contribution in [-0.2, 0) is 11.3 Å². The highest BCUT2D eigenvalue weighted by atomic mass is 32.1. The topological polar surface area (TPSA) is 62.3 Å². The Hall–Kier alpha value is -2.21. The van der Waals surface area contributed by atoms with Crippen LogP contribution in [0.3, 0.4) is 0 Å². The molecule has 0 bridgehead atoms. The third-order valence-electron chi connectivity index (χ3n) is 7.91. The Morgan fingerprint density at radius 2 is 1.66 bits per heavy atom. The molecule has 0 spiro atoms. The zero-order chi connectivity index (χ0) is 23.3. The summed E-state index contributed by atoms with van der Waals surface area (Å²) in [4.78, 5) is 32.3. The summed E-state index contributed by atoms with van der Waals surface area (Å²) in [6.45, 7) is 15.0. The molecule has 1 aliphatic heterocycles. The molecule has 1 aliphatic carbocycles. The second kappa shape index (κ2) is 8.29. The van der Waals surface area contributed by atoms with Crippen molar-refractivity contribution in [3.05, 3.63) is 51.0 Å². The number of nitrogens with zero attached hydrogens (tertiary/aromatic N) is 2. The summed E-state index contributed by atoms with van der Waals surface area (Å²) in [5, 5.41) is 5.87. The van der Waals surface area contributed by atoms with Crippen molar-refractivity contribution in [2.24, 2.45) is 16.7 Å². The minimum absolute atomic E-state index is 0.0790. The molecule has 1 aromatic heterocycles. The minimum atomic E-state index is -0.127.